The van der Waals surface area contributed by atoms with Gasteiger partial charge in [0.1, 0.15) is 29.9 Å². The molecule has 0 bridgehead atoms. The van der Waals surface area contributed by atoms with E-state index in [4.69, 9.17) is 27.6 Å². The second-order valence-electron chi connectivity index (χ2n) is 10.5. The number of carboxylic acids is 1. The third kappa shape index (κ3) is 7.39. The minimum absolute atomic E-state index is 0.104. The number of aliphatic hydroxyl groups excluding tert-OH is 3. The van der Waals surface area contributed by atoms with E-state index in [1.807, 2.05) is 0 Å². The second-order valence-corrected chi connectivity index (χ2v) is 11.0. The maximum atomic E-state index is 13.5. The third-order valence-corrected chi connectivity index (χ3v) is 7.59. The largest absolute Gasteiger partial charge is 0.479 e. The number of aliphatic hydroxyl groups is 3. The first kappa shape index (κ1) is 32.1. The van der Waals surface area contributed by atoms with Crippen LogP contribution >= 0.6 is 11.6 Å². The number of rotatable bonds is 8. The number of anilines is 2. The van der Waals surface area contributed by atoms with Crippen molar-refractivity contribution in [2.75, 3.05) is 23.7 Å². The lowest BCUT2D eigenvalue weighted by Gasteiger charge is -2.38. The Kier molecular flexibility index (Phi) is 10.2. The predicted molar refractivity (Wildman–Crippen MR) is 153 cm³/mol. The van der Waals surface area contributed by atoms with Crippen molar-refractivity contribution in [2.24, 2.45) is 5.92 Å². The van der Waals surface area contributed by atoms with Crippen molar-refractivity contribution in [3.05, 3.63) is 52.5 Å². The Labute approximate surface area is 252 Å². The summed E-state index contributed by atoms with van der Waals surface area (Å²) in [6, 6.07) is 5.65. The highest BCUT2D eigenvalue weighted by Crippen LogP contribution is 2.38. The molecule has 0 unspecified atom stereocenters. The van der Waals surface area contributed by atoms with Crippen LogP contribution in [-0.4, -0.2) is 97.9 Å². The molecular formula is C28H32ClN5O9. The normalized spacial score (nSPS) is 24.7. The Morgan fingerprint density at radius 3 is 2.40 bits per heavy atom. The van der Waals surface area contributed by atoms with E-state index in [1.54, 1.807) is 0 Å². The van der Waals surface area contributed by atoms with Crippen LogP contribution in [0.4, 0.5) is 17.2 Å². The fourth-order valence-electron chi connectivity index (χ4n) is 4.88. The molecule has 2 aliphatic rings. The highest BCUT2D eigenvalue weighted by molar-refractivity contribution is 6.30. The van der Waals surface area contributed by atoms with E-state index in [1.165, 1.54) is 30.5 Å². The van der Waals surface area contributed by atoms with Crippen molar-refractivity contribution in [3.8, 4) is 5.75 Å². The summed E-state index contributed by atoms with van der Waals surface area (Å²) in [5, 5.41) is 45.9. The SMILES string of the molecule is [C-]#[N+]c1cc(O[C@@H]2O[C@H](C(=O)O)[C@@H](O)[C@H](O)[C@H]2O)c(NC(=O)C2CCN(C(C)C)CC2)c(C(=O)Nc2ccc(Cl)cn2)c1. The van der Waals surface area contributed by atoms with Crippen LogP contribution in [0, 0.1) is 12.5 Å². The van der Waals surface area contributed by atoms with Gasteiger partial charge in [-0.15, -0.1) is 0 Å². The molecule has 4 rings (SSSR count). The Hall–Kier alpha value is -3.84. The van der Waals surface area contributed by atoms with E-state index in [2.05, 4.69) is 39.2 Å². The van der Waals surface area contributed by atoms with Crippen LogP contribution < -0.4 is 15.4 Å². The van der Waals surface area contributed by atoms with Crippen LogP contribution in [0.2, 0.25) is 5.02 Å². The van der Waals surface area contributed by atoms with Crippen LogP contribution in [0.3, 0.4) is 0 Å². The Bertz CT molecular complexity index is 1390. The first-order valence-electron chi connectivity index (χ1n) is 13.5. The summed E-state index contributed by atoms with van der Waals surface area (Å²) in [5.41, 5.74) is -0.486. The minimum atomic E-state index is -1.97. The average molecular weight is 618 g/mol. The summed E-state index contributed by atoms with van der Waals surface area (Å²) < 4.78 is 11.0. The molecule has 2 aliphatic heterocycles. The summed E-state index contributed by atoms with van der Waals surface area (Å²) >= 11 is 5.88. The predicted octanol–water partition coefficient (Wildman–Crippen LogP) is 1.87. The first-order chi connectivity index (χ1) is 20.4. The molecule has 2 aromatic rings. The van der Waals surface area contributed by atoms with E-state index in [-0.39, 0.29) is 28.5 Å². The molecule has 0 saturated carbocycles. The standard InChI is InChI=1S/C28H32ClN5O9/c1-13(2)34-8-6-14(7-9-34)25(38)33-20-17(26(39)32-19-5-4-15(29)12-31-19)10-16(30-3)11-18(20)42-28-23(37)21(35)22(36)24(43-28)27(40)41/h4-5,10-14,21-24,28,35-37H,6-9H2,1-2H3,(H,33,38)(H,40,41)(H,31,32,39)/t21-,22-,23+,24-,28+/m0/s1. The number of carbonyl (C=O) groups excluding carboxylic acids is 2. The number of pyridine rings is 1. The van der Waals surface area contributed by atoms with Gasteiger partial charge in [-0.05, 0) is 64.0 Å². The highest BCUT2D eigenvalue weighted by Gasteiger charge is 2.48. The number of nitrogens with zero attached hydrogens (tertiary/aromatic N) is 3. The number of ether oxygens (including phenoxy) is 2. The van der Waals surface area contributed by atoms with Gasteiger partial charge < -0.3 is 45.4 Å². The van der Waals surface area contributed by atoms with Gasteiger partial charge in [-0.3, -0.25) is 9.59 Å². The van der Waals surface area contributed by atoms with Crippen molar-refractivity contribution in [3.63, 3.8) is 0 Å². The first-order valence-corrected chi connectivity index (χ1v) is 13.9. The fraction of sp³-hybridized carbons (Fsp3) is 0.464. The fourth-order valence-corrected chi connectivity index (χ4v) is 4.99. The lowest BCUT2D eigenvalue weighted by Crippen LogP contribution is -2.61. The van der Waals surface area contributed by atoms with E-state index in [9.17, 15) is 34.8 Å². The molecule has 0 radical (unpaired) electrons. The van der Waals surface area contributed by atoms with Gasteiger partial charge in [0, 0.05) is 18.2 Å². The average Bonchev–Trinajstić information content (AvgIpc) is 2.98. The topological polar surface area (TPSA) is 195 Å². The van der Waals surface area contributed by atoms with Crippen molar-refractivity contribution in [1.82, 2.24) is 9.88 Å². The van der Waals surface area contributed by atoms with Crippen LogP contribution in [0.1, 0.15) is 37.0 Å². The number of amides is 2. The second kappa shape index (κ2) is 13.6. The summed E-state index contributed by atoms with van der Waals surface area (Å²) in [6.45, 7) is 13.0. The number of hydrogen-bond acceptors (Lipinski definition) is 10. The van der Waals surface area contributed by atoms with Crippen molar-refractivity contribution in [2.45, 2.75) is 63.4 Å². The van der Waals surface area contributed by atoms with E-state index in [0.717, 1.165) is 0 Å². The van der Waals surface area contributed by atoms with E-state index in [0.29, 0.717) is 37.0 Å². The summed E-state index contributed by atoms with van der Waals surface area (Å²) in [5.74, 6) is -3.44. The van der Waals surface area contributed by atoms with Gasteiger partial charge in [-0.1, -0.05) is 11.6 Å². The molecular weight excluding hydrogens is 586 g/mol. The molecule has 2 amide bonds. The maximum absolute atomic E-state index is 13.5. The number of aliphatic carboxylic acids is 1. The molecule has 5 atom stereocenters. The molecule has 6 N–H and O–H groups in total. The zero-order chi connectivity index (χ0) is 31.4. The molecule has 0 aliphatic carbocycles. The number of halogens is 1. The van der Waals surface area contributed by atoms with Crippen LogP contribution in [0.5, 0.6) is 5.75 Å². The molecule has 1 aromatic carbocycles. The summed E-state index contributed by atoms with van der Waals surface area (Å²) in [4.78, 5) is 48.2. The van der Waals surface area contributed by atoms with Gasteiger partial charge in [-0.2, -0.15) is 0 Å². The number of nitrogens with one attached hydrogen (secondary N) is 2. The zero-order valence-electron chi connectivity index (χ0n) is 23.3. The summed E-state index contributed by atoms with van der Waals surface area (Å²) in [7, 11) is 0. The third-order valence-electron chi connectivity index (χ3n) is 7.36. The van der Waals surface area contributed by atoms with E-state index >= 15 is 0 Å². The number of carbonyl (C=O) groups is 3. The van der Waals surface area contributed by atoms with Gasteiger partial charge in [0.15, 0.2) is 11.8 Å². The number of piperidine rings is 1. The van der Waals surface area contributed by atoms with Crippen LogP contribution in [0.15, 0.2) is 30.5 Å². The number of aromatic nitrogens is 1. The molecule has 230 valence electrons. The molecule has 14 nitrogen and oxygen atoms in total. The van der Waals surface area contributed by atoms with Crippen LogP contribution in [0.25, 0.3) is 4.85 Å². The molecule has 2 saturated heterocycles. The van der Waals surface area contributed by atoms with Gasteiger partial charge in [0.2, 0.25) is 12.2 Å². The lowest BCUT2D eigenvalue weighted by atomic mass is 9.94. The van der Waals surface area contributed by atoms with Gasteiger partial charge in [0.05, 0.1) is 22.8 Å². The quantitative estimate of drug-likeness (QED) is 0.237. The number of likely N-dealkylation sites (tertiary alicyclic amines) is 1. The smallest absolute Gasteiger partial charge is 0.335 e. The molecule has 1 aromatic heterocycles. The Morgan fingerprint density at radius 2 is 1.81 bits per heavy atom. The van der Waals surface area contributed by atoms with Crippen LogP contribution in [-0.2, 0) is 14.3 Å². The van der Waals surface area contributed by atoms with Crippen molar-refractivity contribution in [1.29, 1.82) is 0 Å². The molecule has 43 heavy (non-hydrogen) atoms. The van der Waals surface area contributed by atoms with Crippen molar-refractivity contribution < 1.29 is 44.3 Å². The highest BCUT2D eigenvalue weighted by atomic mass is 35.5. The van der Waals surface area contributed by atoms with Gasteiger partial charge in [0.25, 0.3) is 5.91 Å². The van der Waals surface area contributed by atoms with E-state index < -0.39 is 54.4 Å². The van der Waals surface area contributed by atoms with Gasteiger partial charge in [-0.25, -0.2) is 14.6 Å². The zero-order valence-corrected chi connectivity index (χ0v) is 24.1. The molecule has 0 spiro atoms. The summed E-state index contributed by atoms with van der Waals surface area (Å²) in [6.07, 6.45) is -7.28. The Morgan fingerprint density at radius 1 is 1.12 bits per heavy atom. The molecule has 2 fully saturated rings. The van der Waals surface area contributed by atoms with Crippen molar-refractivity contribution >= 4 is 46.6 Å². The maximum Gasteiger partial charge on any atom is 0.335 e. The number of carboxylic acid groups (broad SMARTS) is 1. The molecule has 15 heteroatoms. The Balaban J connectivity index is 1.71. The molecule has 3 heterocycles. The number of hydrogen-bond donors (Lipinski definition) is 6. The monoisotopic (exact) mass is 617 g/mol. The van der Waals surface area contributed by atoms with Gasteiger partial charge >= 0.3 is 5.97 Å². The minimum Gasteiger partial charge on any atom is -0.479 e. The number of benzene rings is 1. The lowest BCUT2D eigenvalue weighted by molar-refractivity contribution is -0.271.